The molecular weight excluding hydrogens is 258 g/mol. The smallest absolute Gasteiger partial charge is 0.0399 e. The van der Waals surface area contributed by atoms with Crippen LogP contribution < -0.4 is 10.6 Å². The Balaban J connectivity index is 1.59. The van der Waals surface area contributed by atoms with E-state index in [-0.39, 0.29) is 0 Å². The predicted molar refractivity (Wildman–Crippen MR) is 89.9 cm³/mol. The first kappa shape index (κ1) is 14.9. The Morgan fingerprint density at radius 2 is 1.62 bits per heavy atom. The molecule has 3 rings (SSSR count). The lowest BCUT2D eigenvalue weighted by atomic mass is 9.90. The lowest BCUT2D eigenvalue weighted by Crippen LogP contribution is -2.52. The van der Waals surface area contributed by atoms with Gasteiger partial charge >= 0.3 is 0 Å². The number of nitrogens with zero attached hydrogens (tertiary/aromatic N) is 2. The van der Waals surface area contributed by atoms with E-state index in [9.17, 15) is 0 Å². The highest BCUT2D eigenvalue weighted by Crippen LogP contribution is 2.27. The molecule has 0 unspecified atom stereocenters. The molecule has 1 aliphatic heterocycles. The third-order valence-corrected chi connectivity index (χ3v) is 5.49. The summed E-state index contributed by atoms with van der Waals surface area (Å²) in [6.45, 7) is 9.18. The second-order valence-corrected chi connectivity index (χ2v) is 6.81. The second-order valence-electron chi connectivity index (χ2n) is 6.81. The molecule has 2 fully saturated rings. The van der Waals surface area contributed by atoms with Gasteiger partial charge in [-0.05, 0) is 56.7 Å². The summed E-state index contributed by atoms with van der Waals surface area (Å²) in [6, 6.07) is 7.91. The minimum Gasteiger partial charge on any atom is -0.369 e. The Morgan fingerprint density at radius 3 is 2.29 bits per heavy atom. The molecule has 0 radical (unpaired) electrons. The molecule has 1 saturated heterocycles. The molecule has 2 aliphatic rings. The van der Waals surface area contributed by atoms with Crippen LogP contribution in [0.5, 0.6) is 0 Å². The number of nitrogens with two attached hydrogens (primary N) is 1. The molecule has 116 valence electrons. The van der Waals surface area contributed by atoms with Crippen LogP contribution in [0.15, 0.2) is 18.2 Å². The summed E-state index contributed by atoms with van der Waals surface area (Å²) in [4.78, 5) is 5.26. The lowest BCUT2D eigenvalue weighted by molar-refractivity contribution is 0.142. The molecule has 0 aromatic heterocycles. The normalized spacial score (nSPS) is 27.9. The summed E-state index contributed by atoms with van der Waals surface area (Å²) < 4.78 is 0. The maximum Gasteiger partial charge on any atom is 0.0399 e. The number of aryl methyl sites for hydroxylation is 1. The Bertz CT molecular complexity index is 469. The third kappa shape index (κ3) is 3.24. The van der Waals surface area contributed by atoms with Crippen molar-refractivity contribution in [3.05, 3.63) is 29.3 Å². The van der Waals surface area contributed by atoms with Crippen LogP contribution in [-0.4, -0.2) is 43.2 Å². The van der Waals surface area contributed by atoms with Gasteiger partial charge in [-0.15, -0.1) is 0 Å². The number of rotatable bonds is 2. The van der Waals surface area contributed by atoms with Gasteiger partial charge in [-0.2, -0.15) is 0 Å². The summed E-state index contributed by atoms with van der Waals surface area (Å²) in [5.74, 6) is 0. The van der Waals surface area contributed by atoms with Crippen molar-refractivity contribution in [2.75, 3.05) is 31.1 Å². The van der Waals surface area contributed by atoms with Gasteiger partial charge in [0.1, 0.15) is 0 Å². The van der Waals surface area contributed by atoms with Crippen LogP contribution in [0.4, 0.5) is 5.69 Å². The molecule has 0 amide bonds. The van der Waals surface area contributed by atoms with Gasteiger partial charge < -0.3 is 10.6 Å². The Hall–Kier alpha value is -1.06. The van der Waals surface area contributed by atoms with Crippen molar-refractivity contribution >= 4 is 5.69 Å². The van der Waals surface area contributed by atoms with Crippen LogP contribution in [0.3, 0.4) is 0 Å². The van der Waals surface area contributed by atoms with Crippen LogP contribution in [0.2, 0.25) is 0 Å². The fourth-order valence-corrected chi connectivity index (χ4v) is 3.87. The van der Waals surface area contributed by atoms with Gasteiger partial charge in [0.25, 0.3) is 0 Å². The van der Waals surface area contributed by atoms with Gasteiger partial charge in [-0.25, -0.2) is 0 Å². The van der Waals surface area contributed by atoms with Crippen molar-refractivity contribution in [2.24, 2.45) is 5.73 Å². The van der Waals surface area contributed by atoms with Crippen molar-refractivity contribution in [3.63, 3.8) is 0 Å². The van der Waals surface area contributed by atoms with Crippen molar-refractivity contribution in [3.8, 4) is 0 Å². The van der Waals surface area contributed by atoms with Crippen LogP contribution >= 0.6 is 0 Å². The van der Waals surface area contributed by atoms with E-state index in [4.69, 9.17) is 5.73 Å². The first-order valence-electron chi connectivity index (χ1n) is 8.46. The molecule has 21 heavy (non-hydrogen) atoms. The van der Waals surface area contributed by atoms with Crippen LogP contribution in [0.25, 0.3) is 0 Å². The molecule has 0 atom stereocenters. The van der Waals surface area contributed by atoms with E-state index < -0.39 is 0 Å². The molecule has 1 heterocycles. The summed E-state index contributed by atoms with van der Waals surface area (Å²) in [5, 5.41) is 0. The van der Waals surface area contributed by atoms with E-state index in [1.807, 2.05) is 0 Å². The molecule has 0 bridgehead atoms. The monoisotopic (exact) mass is 287 g/mol. The molecule has 1 aliphatic carbocycles. The van der Waals surface area contributed by atoms with Crippen molar-refractivity contribution in [2.45, 2.75) is 51.6 Å². The molecule has 1 aromatic carbocycles. The lowest BCUT2D eigenvalue weighted by Gasteiger charge is -2.42. The van der Waals surface area contributed by atoms with E-state index in [2.05, 4.69) is 41.8 Å². The molecular formula is C18H29N3. The number of benzene rings is 1. The topological polar surface area (TPSA) is 32.5 Å². The standard InChI is InChI=1S/C18H29N3/c1-14-4-3-5-18(15(14)2)21-12-10-20(11-13-21)17-8-6-16(19)7-9-17/h3-5,16-17H,6-13,19H2,1-2H3. The van der Waals surface area contributed by atoms with Crippen LogP contribution in [-0.2, 0) is 0 Å². The highest BCUT2D eigenvalue weighted by atomic mass is 15.3. The summed E-state index contributed by atoms with van der Waals surface area (Å²) >= 11 is 0. The van der Waals surface area contributed by atoms with Gasteiger partial charge in [-0.1, -0.05) is 12.1 Å². The van der Waals surface area contributed by atoms with E-state index in [0.29, 0.717) is 6.04 Å². The van der Waals surface area contributed by atoms with Crippen molar-refractivity contribution in [1.82, 2.24) is 4.90 Å². The molecule has 1 aromatic rings. The quantitative estimate of drug-likeness (QED) is 0.908. The van der Waals surface area contributed by atoms with Gasteiger partial charge in [0, 0.05) is 44.0 Å². The fourth-order valence-electron chi connectivity index (χ4n) is 3.87. The number of piperazine rings is 1. The molecule has 3 heteroatoms. The zero-order chi connectivity index (χ0) is 14.8. The first-order chi connectivity index (χ1) is 10.1. The summed E-state index contributed by atoms with van der Waals surface area (Å²) in [5.41, 5.74) is 10.3. The number of anilines is 1. The molecule has 2 N–H and O–H groups in total. The maximum atomic E-state index is 6.03. The van der Waals surface area contributed by atoms with Crippen LogP contribution in [0, 0.1) is 13.8 Å². The highest BCUT2D eigenvalue weighted by molar-refractivity contribution is 5.56. The summed E-state index contributed by atoms with van der Waals surface area (Å²) in [7, 11) is 0. The van der Waals surface area contributed by atoms with E-state index in [0.717, 1.165) is 19.1 Å². The van der Waals surface area contributed by atoms with Gasteiger partial charge in [0.15, 0.2) is 0 Å². The van der Waals surface area contributed by atoms with Gasteiger partial charge in [0.2, 0.25) is 0 Å². The Kier molecular flexibility index (Phi) is 4.51. The average Bonchev–Trinajstić information content (AvgIpc) is 2.51. The van der Waals surface area contributed by atoms with E-state index in [1.165, 1.54) is 55.6 Å². The minimum absolute atomic E-state index is 0.456. The van der Waals surface area contributed by atoms with E-state index >= 15 is 0 Å². The minimum atomic E-state index is 0.456. The van der Waals surface area contributed by atoms with Crippen LogP contribution in [0.1, 0.15) is 36.8 Å². The Morgan fingerprint density at radius 1 is 0.952 bits per heavy atom. The number of hydrogen-bond donors (Lipinski definition) is 1. The zero-order valence-corrected chi connectivity index (χ0v) is 13.5. The van der Waals surface area contributed by atoms with Crippen molar-refractivity contribution < 1.29 is 0 Å². The van der Waals surface area contributed by atoms with Crippen molar-refractivity contribution in [1.29, 1.82) is 0 Å². The first-order valence-corrected chi connectivity index (χ1v) is 8.46. The molecule has 3 nitrogen and oxygen atoms in total. The average molecular weight is 287 g/mol. The summed E-state index contributed by atoms with van der Waals surface area (Å²) in [6.07, 6.45) is 5.01. The predicted octanol–water partition coefficient (Wildman–Crippen LogP) is 2.70. The fraction of sp³-hybridized carbons (Fsp3) is 0.667. The maximum absolute atomic E-state index is 6.03. The highest BCUT2D eigenvalue weighted by Gasteiger charge is 2.27. The number of hydrogen-bond acceptors (Lipinski definition) is 3. The largest absolute Gasteiger partial charge is 0.369 e. The van der Waals surface area contributed by atoms with Gasteiger partial charge in [0.05, 0.1) is 0 Å². The van der Waals surface area contributed by atoms with E-state index in [1.54, 1.807) is 0 Å². The zero-order valence-electron chi connectivity index (χ0n) is 13.5. The SMILES string of the molecule is Cc1cccc(N2CCN(C3CCC(N)CC3)CC2)c1C. The third-order valence-electron chi connectivity index (χ3n) is 5.49. The molecule has 0 spiro atoms. The van der Waals surface area contributed by atoms with Gasteiger partial charge in [-0.3, -0.25) is 4.90 Å². The Labute approximate surface area is 129 Å². The second kappa shape index (κ2) is 6.37. The molecule has 1 saturated carbocycles.